The molecule has 0 spiro atoms. The first-order valence-corrected chi connectivity index (χ1v) is 12.1. The van der Waals surface area contributed by atoms with Crippen LogP contribution in [0.2, 0.25) is 5.02 Å². The molecule has 4 aromatic rings. The van der Waals surface area contributed by atoms with Gasteiger partial charge < -0.3 is 5.32 Å². The highest BCUT2D eigenvalue weighted by molar-refractivity contribution is 7.89. The summed E-state index contributed by atoms with van der Waals surface area (Å²) in [6.45, 7) is 2.77. The fourth-order valence-corrected chi connectivity index (χ4v) is 4.88. The van der Waals surface area contributed by atoms with E-state index in [1.54, 1.807) is 12.1 Å². The van der Waals surface area contributed by atoms with Gasteiger partial charge in [-0.1, -0.05) is 35.9 Å². The van der Waals surface area contributed by atoms with Crippen LogP contribution >= 0.6 is 22.9 Å². The number of benzene rings is 2. The molecule has 10 heteroatoms. The van der Waals surface area contributed by atoms with E-state index in [9.17, 15) is 13.2 Å². The van der Waals surface area contributed by atoms with Crippen molar-refractivity contribution in [3.05, 3.63) is 81.3 Å². The van der Waals surface area contributed by atoms with Crippen LogP contribution in [-0.2, 0) is 23.1 Å². The molecule has 2 heterocycles. The van der Waals surface area contributed by atoms with Crippen molar-refractivity contribution in [2.24, 2.45) is 5.14 Å². The number of hydrogen-bond donors (Lipinski definition) is 2. The maximum Gasteiger partial charge on any atom is 0.261 e. The number of nitrogens with zero attached hydrogens (tertiary/aromatic N) is 2. The van der Waals surface area contributed by atoms with Crippen LogP contribution in [0.25, 0.3) is 10.2 Å². The summed E-state index contributed by atoms with van der Waals surface area (Å²) in [5.74, 6) is -0.200. The average molecular weight is 475 g/mol. The average Bonchev–Trinajstić information content (AvgIpc) is 3.29. The number of fused-ring (bicyclic) bond motifs is 1. The second-order valence-corrected chi connectivity index (χ2v) is 10.1. The molecule has 0 radical (unpaired) electrons. The van der Waals surface area contributed by atoms with Crippen LogP contribution in [0.4, 0.5) is 0 Å². The molecule has 3 N–H and O–H groups in total. The molecular weight excluding hydrogens is 456 g/mol. The third-order valence-electron chi connectivity index (χ3n) is 4.78. The lowest BCUT2D eigenvalue weighted by Gasteiger charge is -2.05. The Hall–Kier alpha value is -2.72. The number of thiophene rings is 1. The van der Waals surface area contributed by atoms with E-state index in [0.29, 0.717) is 16.4 Å². The molecule has 2 aromatic heterocycles. The van der Waals surface area contributed by atoms with Crippen molar-refractivity contribution in [3.8, 4) is 0 Å². The highest BCUT2D eigenvalue weighted by Gasteiger charge is 2.16. The Kier molecular flexibility index (Phi) is 5.85. The minimum absolute atomic E-state index is 0.0350. The van der Waals surface area contributed by atoms with Gasteiger partial charge in [0.15, 0.2) is 0 Å². The van der Waals surface area contributed by atoms with Gasteiger partial charge in [0.25, 0.3) is 5.91 Å². The first kappa shape index (κ1) is 21.5. The predicted octanol–water partition coefficient (Wildman–Crippen LogP) is 3.69. The fraction of sp³-hybridized carbons (Fsp3) is 0.143. The number of nitrogens with one attached hydrogen (secondary N) is 1. The lowest BCUT2D eigenvalue weighted by molar-refractivity contribution is 0.0955. The monoisotopic (exact) mass is 474 g/mol. The maximum absolute atomic E-state index is 12.7. The Bertz CT molecular complexity index is 1360. The van der Waals surface area contributed by atoms with E-state index in [1.807, 2.05) is 41.9 Å². The minimum atomic E-state index is -3.74. The van der Waals surface area contributed by atoms with Crippen molar-refractivity contribution < 1.29 is 13.2 Å². The summed E-state index contributed by atoms with van der Waals surface area (Å²) in [5, 5.41) is 14.2. The molecule has 1 amide bonds. The lowest BCUT2D eigenvalue weighted by Crippen LogP contribution is -2.21. The fourth-order valence-electron chi connectivity index (χ4n) is 3.16. The number of aromatic nitrogens is 2. The summed E-state index contributed by atoms with van der Waals surface area (Å²) in [5.41, 5.74) is 2.70. The first-order valence-electron chi connectivity index (χ1n) is 9.32. The number of nitrogens with two attached hydrogens (primary N) is 1. The number of primary sulfonamides is 1. The molecule has 0 aliphatic rings. The third-order valence-corrected chi connectivity index (χ3v) is 7.11. The molecule has 0 aliphatic heterocycles. The van der Waals surface area contributed by atoms with Gasteiger partial charge in [-0.05, 0) is 48.4 Å². The molecule has 0 fully saturated rings. The van der Waals surface area contributed by atoms with Crippen LogP contribution in [0.1, 0.15) is 26.5 Å². The number of halogens is 1. The van der Waals surface area contributed by atoms with Gasteiger partial charge >= 0.3 is 0 Å². The summed E-state index contributed by atoms with van der Waals surface area (Å²) in [4.78, 5) is 14.2. The minimum Gasteiger partial charge on any atom is -0.347 e. The van der Waals surface area contributed by atoms with Crippen LogP contribution < -0.4 is 10.5 Å². The normalized spacial score (nSPS) is 11.7. The van der Waals surface area contributed by atoms with E-state index in [4.69, 9.17) is 16.7 Å². The van der Waals surface area contributed by atoms with E-state index < -0.39 is 10.0 Å². The van der Waals surface area contributed by atoms with Crippen molar-refractivity contribution in [2.45, 2.75) is 24.9 Å². The largest absolute Gasteiger partial charge is 0.347 e. The van der Waals surface area contributed by atoms with Crippen LogP contribution in [-0.4, -0.2) is 24.1 Å². The van der Waals surface area contributed by atoms with Gasteiger partial charge in [0.05, 0.1) is 22.0 Å². The summed E-state index contributed by atoms with van der Waals surface area (Å²) in [6, 6.07) is 15.5. The molecule has 0 saturated heterocycles. The number of hydrogen-bond acceptors (Lipinski definition) is 5. The molecule has 0 unspecified atom stereocenters. The van der Waals surface area contributed by atoms with E-state index in [0.717, 1.165) is 27.0 Å². The van der Waals surface area contributed by atoms with E-state index >= 15 is 0 Å². The highest BCUT2D eigenvalue weighted by atomic mass is 35.5. The smallest absolute Gasteiger partial charge is 0.261 e. The SMILES string of the molecule is Cc1nn(Cc2ccc(Cl)cc2)c2sc(C(=O)NCc3ccc(S(N)(=O)=O)cc3)cc12. The number of sulfonamides is 1. The van der Waals surface area contributed by atoms with Crippen LogP contribution in [0.5, 0.6) is 0 Å². The van der Waals surface area contributed by atoms with Crippen molar-refractivity contribution in [2.75, 3.05) is 0 Å². The van der Waals surface area contributed by atoms with E-state index in [-0.39, 0.29) is 17.3 Å². The number of amides is 1. The van der Waals surface area contributed by atoms with E-state index in [1.165, 1.54) is 23.5 Å². The Morgan fingerprint density at radius 2 is 1.77 bits per heavy atom. The molecule has 7 nitrogen and oxygen atoms in total. The zero-order valence-corrected chi connectivity index (χ0v) is 18.9. The standard InChI is InChI=1S/C21H19ClN4O3S2/c1-13-18-10-19(20(27)24-11-14-4-8-17(9-5-14)31(23,28)29)30-21(18)26(25-13)12-15-2-6-16(22)7-3-15/h2-10H,11-12H2,1H3,(H,24,27)(H2,23,28,29). The van der Waals surface area contributed by atoms with Gasteiger partial charge in [-0.25, -0.2) is 13.6 Å². The van der Waals surface area contributed by atoms with E-state index in [2.05, 4.69) is 10.4 Å². The number of carbonyl (C=O) groups excluding carboxylic acids is 1. The zero-order valence-electron chi connectivity index (χ0n) is 16.5. The second-order valence-electron chi connectivity index (χ2n) is 7.07. The topological polar surface area (TPSA) is 107 Å². The van der Waals surface area contributed by atoms with Gasteiger partial charge in [0.1, 0.15) is 4.83 Å². The molecule has 0 saturated carbocycles. The molecule has 31 heavy (non-hydrogen) atoms. The molecule has 0 bridgehead atoms. The van der Waals surface area contributed by atoms with Crippen molar-refractivity contribution >= 4 is 49.1 Å². The Morgan fingerprint density at radius 3 is 2.42 bits per heavy atom. The van der Waals surface area contributed by atoms with Crippen LogP contribution in [0, 0.1) is 6.92 Å². The Balaban J connectivity index is 1.49. The summed E-state index contributed by atoms with van der Waals surface area (Å²) >= 11 is 7.34. The Morgan fingerprint density at radius 1 is 1.13 bits per heavy atom. The van der Waals surface area contributed by atoms with Crippen LogP contribution in [0.15, 0.2) is 59.5 Å². The molecule has 0 atom stereocenters. The van der Waals surface area contributed by atoms with Gasteiger partial charge in [-0.15, -0.1) is 11.3 Å². The third kappa shape index (κ3) is 4.80. The summed E-state index contributed by atoms with van der Waals surface area (Å²) in [6.07, 6.45) is 0. The van der Waals surface area contributed by atoms with Crippen molar-refractivity contribution in [1.82, 2.24) is 15.1 Å². The molecule has 160 valence electrons. The molecular formula is C21H19ClN4O3S2. The quantitative estimate of drug-likeness (QED) is 0.444. The summed E-state index contributed by atoms with van der Waals surface area (Å²) < 4.78 is 24.6. The Labute approximate surface area is 188 Å². The number of aryl methyl sites for hydroxylation is 1. The molecule has 4 rings (SSSR count). The highest BCUT2D eigenvalue weighted by Crippen LogP contribution is 2.29. The van der Waals surface area contributed by atoms with Gasteiger partial charge in [0.2, 0.25) is 10.0 Å². The zero-order chi connectivity index (χ0) is 22.2. The number of carbonyl (C=O) groups is 1. The first-order chi connectivity index (χ1) is 14.7. The second kappa shape index (κ2) is 8.43. The molecule has 0 aliphatic carbocycles. The molecule has 2 aromatic carbocycles. The predicted molar refractivity (Wildman–Crippen MR) is 122 cm³/mol. The van der Waals surface area contributed by atoms with Gasteiger partial charge in [0, 0.05) is 17.0 Å². The van der Waals surface area contributed by atoms with Gasteiger partial charge in [-0.2, -0.15) is 5.10 Å². The lowest BCUT2D eigenvalue weighted by atomic mass is 10.2. The van der Waals surface area contributed by atoms with Gasteiger partial charge in [-0.3, -0.25) is 9.48 Å². The van der Waals surface area contributed by atoms with Crippen LogP contribution in [0.3, 0.4) is 0 Å². The maximum atomic E-state index is 12.7. The summed E-state index contributed by atoms with van der Waals surface area (Å²) in [7, 11) is -3.74. The van der Waals surface area contributed by atoms with Crippen molar-refractivity contribution in [1.29, 1.82) is 0 Å². The van der Waals surface area contributed by atoms with Crippen molar-refractivity contribution in [3.63, 3.8) is 0 Å². The number of rotatable bonds is 6.